The van der Waals surface area contributed by atoms with Gasteiger partial charge in [0.2, 0.25) is 5.91 Å². The Morgan fingerprint density at radius 3 is 2.90 bits per heavy atom. The van der Waals surface area contributed by atoms with Gasteiger partial charge in [0, 0.05) is 27.6 Å². The van der Waals surface area contributed by atoms with Crippen molar-refractivity contribution >= 4 is 50.6 Å². The molecule has 29 heavy (non-hydrogen) atoms. The van der Waals surface area contributed by atoms with Crippen molar-refractivity contribution in [1.82, 2.24) is 9.97 Å². The highest BCUT2D eigenvalue weighted by atomic mass is 32.2. The van der Waals surface area contributed by atoms with Crippen molar-refractivity contribution in [2.24, 2.45) is 0 Å². The number of rotatable bonds is 5. The number of carbonyl (C=O) groups excluding carboxylic acids is 1. The number of thiophene rings is 1. The van der Waals surface area contributed by atoms with Gasteiger partial charge in [-0.1, -0.05) is 17.8 Å². The number of benzene rings is 1. The van der Waals surface area contributed by atoms with Crippen LogP contribution in [0.25, 0.3) is 10.2 Å². The van der Waals surface area contributed by atoms with E-state index < -0.39 is 10.2 Å². The molecule has 0 aliphatic heterocycles. The number of nitrogens with one attached hydrogen (secondary N) is 1. The number of thioether (sulfide) groups is 1. The average molecular weight is 429 g/mol. The van der Waals surface area contributed by atoms with E-state index in [-0.39, 0.29) is 11.6 Å². The van der Waals surface area contributed by atoms with E-state index >= 15 is 0 Å². The average Bonchev–Trinajstić information content (AvgIpc) is 3.08. The molecule has 1 atom stereocenters. The zero-order valence-corrected chi connectivity index (χ0v) is 17.7. The number of fused-ring (bicyclic) bond motifs is 3. The van der Waals surface area contributed by atoms with Gasteiger partial charge in [0.25, 0.3) is 5.69 Å². The summed E-state index contributed by atoms with van der Waals surface area (Å²) in [6, 6.07) is 4.70. The van der Waals surface area contributed by atoms with Gasteiger partial charge in [0.1, 0.15) is 16.2 Å². The first kappa shape index (κ1) is 19.8. The summed E-state index contributed by atoms with van der Waals surface area (Å²) in [6.07, 6.45) is 6.05. The number of aromatic nitrogens is 2. The number of nitro benzene ring substituents is 1. The van der Waals surface area contributed by atoms with E-state index in [4.69, 9.17) is 0 Å². The fraction of sp³-hybridized carbons (Fsp3) is 0.350. The summed E-state index contributed by atoms with van der Waals surface area (Å²) in [4.78, 5) is 34.6. The van der Waals surface area contributed by atoms with Crippen molar-refractivity contribution in [2.75, 3.05) is 5.32 Å². The van der Waals surface area contributed by atoms with Crippen LogP contribution in [0.5, 0.6) is 0 Å². The number of aryl methyl sites for hydroxylation is 3. The zero-order valence-electron chi connectivity index (χ0n) is 16.1. The smallest absolute Gasteiger partial charge is 0.274 e. The van der Waals surface area contributed by atoms with Gasteiger partial charge in [-0.2, -0.15) is 0 Å². The molecule has 1 aromatic carbocycles. The molecule has 4 rings (SSSR count). The number of amides is 1. The van der Waals surface area contributed by atoms with Gasteiger partial charge in [-0.05, 0) is 51.2 Å². The number of nitro groups is 1. The molecule has 0 spiro atoms. The minimum absolute atomic E-state index is 0.00878. The second-order valence-electron chi connectivity index (χ2n) is 7.08. The molecule has 0 saturated carbocycles. The molecule has 1 amide bonds. The minimum Gasteiger partial charge on any atom is -0.325 e. The summed E-state index contributed by atoms with van der Waals surface area (Å²) in [5, 5.41) is 15.4. The molecule has 150 valence electrons. The number of anilines is 1. The standard InChI is InChI=1S/C20H20N4O3S2/c1-11-7-8-13(9-15(11)24(26)27)23-18(25)12(2)28-19-17-14-5-3-4-6-16(14)29-20(17)22-10-21-19/h7-10,12H,3-6H2,1-2H3,(H,23,25)/t12-/m1/s1. The molecule has 1 aliphatic rings. The van der Waals surface area contributed by atoms with Crippen LogP contribution in [0.4, 0.5) is 11.4 Å². The van der Waals surface area contributed by atoms with Gasteiger partial charge in [-0.3, -0.25) is 14.9 Å². The summed E-state index contributed by atoms with van der Waals surface area (Å²) in [5.74, 6) is -0.219. The lowest BCUT2D eigenvalue weighted by Gasteiger charge is -2.14. The van der Waals surface area contributed by atoms with Crippen molar-refractivity contribution in [2.45, 2.75) is 49.8 Å². The molecular weight excluding hydrogens is 408 g/mol. The Labute approximate surface area is 176 Å². The molecule has 0 fully saturated rings. The predicted molar refractivity (Wildman–Crippen MR) is 116 cm³/mol. The Hall–Kier alpha value is -2.52. The molecule has 9 heteroatoms. The first-order valence-corrected chi connectivity index (χ1v) is 11.1. The maximum atomic E-state index is 12.7. The molecule has 0 saturated heterocycles. The van der Waals surface area contributed by atoms with E-state index in [1.54, 1.807) is 36.7 Å². The Kier molecular flexibility index (Phi) is 5.51. The van der Waals surface area contributed by atoms with Crippen LogP contribution in [0.15, 0.2) is 29.6 Å². The number of hydrogen-bond donors (Lipinski definition) is 1. The van der Waals surface area contributed by atoms with Crippen molar-refractivity contribution in [3.8, 4) is 0 Å². The molecule has 0 bridgehead atoms. The van der Waals surface area contributed by atoms with Crippen LogP contribution in [0, 0.1) is 17.0 Å². The number of carbonyl (C=O) groups is 1. The van der Waals surface area contributed by atoms with E-state index in [0.29, 0.717) is 11.3 Å². The lowest BCUT2D eigenvalue weighted by Crippen LogP contribution is -2.22. The SMILES string of the molecule is Cc1ccc(NC(=O)[C@@H](C)Sc2ncnc3sc4c(c23)CCCC4)cc1[N+](=O)[O-]. The van der Waals surface area contributed by atoms with Gasteiger partial charge < -0.3 is 5.32 Å². The maximum absolute atomic E-state index is 12.7. The van der Waals surface area contributed by atoms with Gasteiger partial charge in [-0.15, -0.1) is 11.3 Å². The van der Waals surface area contributed by atoms with Crippen LogP contribution in [0.1, 0.15) is 35.8 Å². The van der Waals surface area contributed by atoms with Gasteiger partial charge in [0.15, 0.2) is 0 Å². The van der Waals surface area contributed by atoms with Crippen LogP contribution in [-0.2, 0) is 17.6 Å². The molecule has 3 aromatic rings. The monoisotopic (exact) mass is 428 g/mol. The highest BCUT2D eigenvalue weighted by Gasteiger charge is 2.23. The Bertz CT molecular complexity index is 1110. The second kappa shape index (κ2) is 8.08. The van der Waals surface area contributed by atoms with E-state index in [0.717, 1.165) is 28.1 Å². The summed E-state index contributed by atoms with van der Waals surface area (Å²) < 4.78 is 0. The van der Waals surface area contributed by atoms with Crippen LogP contribution in [0.2, 0.25) is 0 Å². The molecule has 1 N–H and O–H groups in total. The minimum atomic E-state index is -0.444. The van der Waals surface area contributed by atoms with E-state index in [1.165, 1.54) is 41.1 Å². The first-order valence-electron chi connectivity index (χ1n) is 9.42. The normalized spacial score (nSPS) is 14.4. The maximum Gasteiger partial charge on any atom is 0.274 e. The van der Waals surface area contributed by atoms with Gasteiger partial charge in [0.05, 0.1) is 10.2 Å². The molecule has 1 aliphatic carbocycles. The van der Waals surface area contributed by atoms with Crippen LogP contribution >= 0.6 is 23.1 Å². The first-order chi connectivity index (χ1) is 13.9. The molecule has 0 radical (unpaired) electrons. The molecular formula is C20H20N4O3S2. The summed E-state index contributed by atoms with van der Waals surface area (Å²) in [5.41, 5.74) is 2.30. The van der Waals surface area contributed by atoms with Crippen LogP contribution < -0.4 is 5.32 Å². The Balaban J connectivity index is 1.55. The zero-order chi connectivity index (χ0) is 20.5. The lowest BCUT2D eigenvalue weighted by atomic mass is 9.97. The highest BCUT2D eigenvalue weighted by Crippen LogP contribution is 2.40. The molecule has 2 aromatic heterocycles. The lowest BCUT2D eigenvalue weighted by molar-refractivity contribution is -0.385. The van der Waals surface area contributed by atoms with E-state index in [2.05, 4.69) is 15.3 Å². The largest absolute Gasteiger partial charge is 0.325 e. The summed E-state index contributed by atoms with van der Waals surface area (Å²) in [6.45, 7) is 3.49. The predicted octanol–water partition coefficient (Wildman–Crippen LogP) is 4.91. The van der Waals surface area contributed by atoms with E-state index in [1.807, 2.05) is 6.92 Å². The summed E-state index contributed by atoms with van der Waals surface area (Å²) >= 11 is 3.13. The van der Waals surface area contributed by atoms with Crippen LogP contribution in [-0.4, -0.2) is 26.0 Å². The third-order valence-corrected chi connectivity index (χ3v) is 7.35. The fourth-order valence-corrected chi connectivity index (χ4v) is 5.74. The van der Waals surface area contributed by atoms with E-state index in [9.17, 15) is 14.9 Å². The van der Waals surface area contributed by atoms with Gasteiger partial charge >= 0.3 is 0 Å². The molecule has 7 nitrogen and oxygen atoms in total. The van der Waals surface area contributed by atoms with Gasteiger partial charge in [-0.25, -0.2) is 9.97 Å². The molecule has 0 unspecified atom stereocenters. The Morgan fingerprint density at radius 2 is 2.10 bits per heavy atom. The topological polar surface area (TPSA) is 98.0 Å². The quantitative estimate of drug-likeness (QED) is 0.268. The fourth-order valence-electron chi connectivity index (χ4n) is 3.50. The van der Waals surface area contributed by atoms with Crippen molar-refractivity contribution in [3.05, 3.63) is 50.6 Å². The second-order valence-corrected chi connectivity index (χ2v) is 9.49. The number of hydrogen-bond acceptors (Lipinski definition) is 7. The molecule has 2 heterocycles. The van der Waals surface area contributed by atoms with Crippen molar-refractivity contribution in [1.29, 1.82) is 0 Å². The highest BCUT2D eigenvalue weighted by molar-refractivity contribution is 8.00. The van der Waals surface area contributed by atoms with Crippen molar-refractivity contribution < 1.29 is 9.72 Å². The summed E-state index contributed by atoms with van der Waals surface area (Å²) in [7, 11) is 0. The van der Waals surface area contributed by atoms with Crippen LogP contribution in [0.3, 0.4) is 0 Å². The van der Waals surface area contributed by atoms with Crippen molar-refractivity contribution in [3.63, 3.8) is 0 Å². The third-order valence-electron chi connectivity index (χ3n) is 5.05. The Morgan fingerprint density at radius 1 is 1.31 bits per heavy atom. The number of nitrogens with zero attached hydrogens (tertiary/aromatic N) is 3. The third kappa shape index (κ3) is 3.97.